The molecule has 25 heavy (non-hydrogen) atoms. The second-order valence-electron chi connectivity index (χ2n) is 5.53. The third-order valence-electron chi connectivity index (χ3n) is 3.60. The van der Waals surface area contributed by atoms with E-state index in [1.165, 1.54) is 12.1 Å². The van der Waals surface area contributed by atoms with Gasteiger partial charge < -0.3 is 4.74 Å². The zero-order chi connectivity index (χ0) is 18.4. The van der Waals surface area contributed by atoms with Crippen LogP contribution in [0.15, 0.2) is 53.4 Å². The standard InChI is InChI=1S/C18H20ClNO4S/c1-3-24-18(21)17(11-14-7-5-4-6-8-14)20-25(22,23)15-10-9-13(2)16(19)12-15/h4-10,12,17,20H,3,11H2,1-2H3. The van der Waals surface area contributed by atoms with Crippen LogP contribution >= 0.6 is 11.6 Å². The van der Waals surface area contributed by atoms with Crippen LogP contribution in [-0.2, 0) is 26.0 Å². The molecule has 0 aliphatic rings. The quantitative estimate of drug-likeness (QED) is 0.748. The summed E-state index contributed by atoms with van der Waals surface area (Å²) in [6, 6.07) is 12.6. The Morgan fingerprint density at radius 2 is 1.88 bits per heavy atom. The number of sulfonamides is 1. The van der Waals surface area contributed by atoms with Gasteiger partial charge in [0.1, 0.15) is 6.04 Å². The van der Waals surface area contributed by atoms with Gasteiger partial charge in [-0.3, -0.25) is 4.79 Å². The molecule has 134 valence electrons. The van der Waals surface area contributed by atoms with Crippen LogP contribution in [0.5, 0.6) is 0 Å². The lowest BCUT2D eigenvalue weighted by Gasteiger charge is -2.18. The number of rotatable bonds is 7. The van der Waals surface area contributed by atoms with Crippen LogP contribution in [0.2, 0.25) is 5.02 Å². The van der Waals surface area contributed by atoms with E-state index in [1.54, 1.807) is 19.9 Å². The molecule has 0 radical (unpaired) electrons. The number of ether oxygens (including phenoxy) is 1. The van der Waals surface area contributed by atoms with Crippen molar-refractivity contribution in [1.82, 2.24) is 4.72 Å². The molecule has 0 aliphatic carbocycles. The second kappa shape index (κ2) is 8.47. The molecule has 2 aromatic rings. The maximum absolute atomic E-state index is 12.6. The maximum atomic E-state index is 12.6. The molecule has 0 aliphatic heterocycles. The average molecular weight is 382 g/mol. The number of aryl methyl sites for hydroxylation is 1. The van der Waals surface area contributed by atoms with Crippen LogP contribution in [-0.4, -0.2) is 27.0 Å². The smallest absolute Gasteiger partial charge is 0.324 e. The predicted octanol–water partition coefficient (Wildman–Crippen LogP) is 3.10. The number of esters is 1. The SMILES string of the molecule is CCOC(=O)C(Cc1ccccc1)NS(=O)(=O)c1ccc(C)c(Cl)c1. The Labute approximate surface area is 153 Å². The molecule has 0 aromatic heterocycles. The Hall–Kier alpha value is -1.89. The molecule has 0 amide bonds. The average Bonchev–Trinajstić information content (AvgIpc) is 2.57. The highest BCUT2D eigenvalue weighted by molar-refractivity contribution is 7.89. The van der Waals surface area contributed by atoms with Crippen LogP contribution in [0.25, 0.3) is 0 Å². The Balaban J connectivity index is 2.27. The molecule has 0 heterocycles. The minimum Gasteiger partial charge on any atom is -0.465 e. The molecule has 2 aromatic carbocycles. The van der Waals surface area contributed by atoms with Crippen molar-refractivity contribution in [1.29, 1.82) is 0 Å². The molecular weight excluding hydrogens is 362 g/mol. The molecule has 5 nitrogen and oxygen atoms in total. The third-order valence-corrected chi connectivity index (χ3v) is 5.48. The minimum absolute atomic E-state index is 0.00506. The summed E-state index contributed by atoms with van der Waals surface area (Å²) in [7, 11) is -3.92. The molecule has 1 N–H and O–H groups in total. The maximum Gasteiger partial charge on any atom is 0.324 e. The van der Waals surface area contributed by atoms with Gasteiger partial charge in [-0.15, -0.1) is 0 Å². The molecule has 0 fully saturated rings. The number of benzene rings is 2. The Morgan fingerprint density at radius 3 is 2.48 bits per heavy atom. The Bertz CT molecular complexity index is 837. The topological polar surface area (TPSA) is 72.5 Å². The van der Waals surface area contributed by atoms with Gasteiger partial charge >= 0.3 is 5.97 Å². The number of nitrogens with one attached hydrogen (secondary N) is 1. The van der Waals surface area contributed by atoms with E-state index in [-0.39, 0.29) is 17.9 Å². The summed E-state index contributed by atoms with van der Waals surface area (Å²) in [5.74, 6) is -0.617. The van der Waals surface area contributed by atoms with Gasteiger partial charge in [-0.2, -0.15) is 4.72 Å². The van der Waals surface area contributed by atoms with Crippen molar-refractivity contribution in [2.75, 3.05) is 6.61 Å². The molecule has 0 saturated heterocycles. The summed E-state index contributed by atoms with van der Waals surface area (Å²) in [6.45, 7) is 3.62. The van der Waals surface area contributed by atoms with E-state index in [0.717, 1.165) is 11.1 Å². The first-order chi connectivity index (χ1) is 11.8. The summed E-state index contributed by atoms with van der Waals surface area (Å²) in [5.41, 5.74) is 1.59. The lowest BCUT2D eigenvalue weighted by atomic mass is 10.1. The Kier molecular flexibility index (Phi) is 6.58. The molecule has 1 unspecified atom stereocenters. The molecule has 0 spiro atoms. The van der Waals surface area contributed by atoms with Crippen molar-refractivity contribution < 1.29 is 17.9 Å². The van der Waals surface area contributed by atoms with Gasteiger partial charge in [-0.05, 0) is 43.5 Å². The van der Waals surface area contributed by atoms with Crippen molar-refractivity contribution >= 4 is 27.6 Å². The zero-order valence-electron chi connectivity index (χ0n) is 14.0. The van der Waals surface area contributed by atoms with Crippen LogP contribution in [0.4, 0.5) is 0 Å². The zero-order valence-corrected chi connectivity index (χ0v) is 15.6. The monoisotopic (exact) mass is 381 g/mol. The van der Waals surface area contributed by atoms with Crippen LogP contribution < -0.4 is 4.72 Å². The number of carbonyl (C=O) groups excluding carboxylic acids is 1. The molecule has 7 heteroatoms. The van der Waals surface area contributed by atoms with Gasteiger partial charge in [0.15, 0.2) is 0 Å². The highest BCUT2D eigenvalue weighted by Crippen LogP contribution is 2.20. The summed E-state index contributed by atoms with van der Waals surface area (Å²) in [6.07, 6.45) is 0.193. The van der Waals surface area contributed by atoms with E-state index in [2.05, 4.69) is 4.72 Å². The molecule has 2 rings (SSSR count). The molecule has 1 atom stereocenters. The lowest BCUT2D eigenvalue weighted by molar-refractivity contribution is -0.145. The van der Waals surface area contributed by atoms with E-state index in [9.17, 15) is 13.2 Å². The van der Waals surface area contributed by atoms with Gasteiger partial charge in [0, 0.05) is 5.02 Å². The first-order valence-electron chi connectivity index (χ1n) is 7.82. The molecule has 0 saturated carbocycles. The van der Waals surface area contributed by atoms with Crippen molar-refractivity contribution in [2.45, 2.75) is 31.2 Å². The van der Waals surface area contributed by atoms with Crippen LogP contribution in [0, 0.1) is 6.92 Å². The summed E-state index contributed by atoms with van der Waals surface area (Å²) < 4.78 is 32.7. The highest BCUT2D eigenvalue weighted by Gasteiger charge is 2.27. The van der Waals surface area contributed by atoms with Gasteiger partial charge in [-0.25, -0.2) is 8.42 Å². The second-order valence-corrected chi connectivity index (χ2v) is 7.65. The number of hydrogen-bond acceptors (Lipinski definition) is 4. The summed E-state index contributed by atoms with van der Waals surface area (Å²) in [5, 5.41) is 0.346. The van der Waals surface area contributed by atoms with Crippen molar-refractivity contribution in [2.24, 2.45) is 0 Å². The summed E-state index contributed by atoms with van der Waals surface area (Å²) in [4.78, 5) is 12.2. The molecular formula is C18H20ClNO4S. The normalized spacial score (nSPS) is 12.6. The van der Waals surface area contributed by atoms with E-state index in [1.807, 2.05) is 30.3 Å². The fourth-order valence-corrected chi connectivity index (χ4v) is 3.72. The van der Waals surface area contributed by atoms with Gasteiger partial charge in [-0.1, -0.05) is 48.0 Å². The summed E-state index contributed by atoms with van der Waals surface area (Å²) >= 11 is 6.01. The fourth-order valence-electron chi connectivity index (χ4n) is 2.26. The van der Waals surface area contributed by atoms with E-state index < -0.39 is 22.0 Å². The number of halogens is 1. The van der Waals surface area contributed by atoms with Gasteiger partial charge in [0.25, 0.3) is 0 Å². The number of hydrogen-bond donors (Lipinski definition) is 1. The van der Waals surface area contributed by atoms with Gasteiger partial charge in [0.2, 0.25) is 10.0 Å². The predicted molar refractivity (Wildman–Crippen MR) is 97.1 cm³/mol. The van der Waals surface area contributed by atoms with Crippen LogP contribution in [0.1, 0.15) is 18.1 Å². The number of carbonyl (C=O) groups is 1. The van der Waals surface area contributed by atoms with E-state index in [4.69, 9.17) is 16.3 Å². The van der Waals surface area contributed by atoms with Gasteiger partial charge in [0.05, 0.1) is 11.5 Å². The largest absolute Gasteiger partial charge is 0.465 e. The Morgan fingerprint density at radius 1 is 1.20 bits per heavy atom. The highest BCUT2D eigenvalue weighted by atomic mass is 35.5. The van der Waals surface area contributed by atoms with Crippen LogP contribution in [0.3, 0.4) is 0 Å². The van der Waals surface area contributed by atoms with Crippen molar-refractivity contribution in [3.05, 3.63) is 64.7 Å². The first-order valence-corrected chi connectivity index (χ1v) is 9.68. The molecule has 0 bridgehead atoms. The minimum atomic E-state index is -3.92. The van der Waals surface area contributed by atoms with Crippen molar-refractivity contribution in [3.63, 3.8) is 0 Å². The lowest BCUT2D eigenvalue weighted by Crippen LogP contribution is -2.43. The first kappa shape index (κ1) is 19.4. The third kappa shape index (κ3) is 5.29. The van der Waals surface area contributed by atoms with E-state index >= 15 is 0 Å². The fraction of sp³-hybridized carbons (Fsp3) is 0.278. The van der Waals surface area contributed by atoms with Crippen molar-refractivity contribution in [3.8, 4) is 0 Å². The van der Waals surface area contributed by atoms with E-state index in [0.29, 0.717) is 5.02 Å².